The Bertz CT molecular complexity index is 1200. The van der Waals surface area contributed by atoms with Crippen LogP contribution in [-0.4, -0.2) is 53.1 Å². The molecule has 4 heterocycles. The molecular weight excluding hydrogens is 430 g/mol. The standard InChI is InChI=1S/C25H29N7O2/c33-24(17-4-6-20(7-5-17)32-10-2-1-3-11-32)31-22-12-18(14-27-25(22)34)21-13-23(29-16-28-21)30-19-8-9-26-15-19/h4-7,12-14,16,19,26H,1-3,8-11,15H2,(H,27,34)(H,31,33)(H,28,29,30)/t19-/m1/s1. The van der Waals surface area contributed by atoms with E-state index in [0.717, 1.165) is 44.1 Å². The molecule has 3 aromatic rings. The molecule has 9 nitrogen and oxygen atoms in total. The van der Waals surface area contributed by atoms with Gasteiger partial charge in [-0.15, -0.1) is 0 Å². The van der Waals surface area contributed by atoms with Gasteiger partial charge in [0.25, 0.3) is 11.5 Å². The van der Waals surface area contributed by atoms with Crippen LogP contribution in [0.2, 0.25) is 0 Å². The van der Waals surface area contributed by atoms with E-state index in [1.807, 2.05) is 18.2 Å². The number of anilines is 3. The minimum atomic E-state index is -0.369. The van der Waals surface area contributed by atoms with E-state index in [1.54, 1.807) is 24.4 Å². The number of carbonyl (C=O) groups excluding carboxylic acids is 1. The predicted octanol–water partition coefficient (Wildman–Crippen LogP) is 2.85. The zero-order chi connectivity index (χ0) is 23.3. The highest BCUT2D eigenvalue weighted by Crippen LogP contribution is 2.22. The SMILES string of the molecule is O=C(Nc1cc(-c2cc(N[C@@H]3CCNC3)ncn2)c[nH]c1=O)c1ccc(N2CCCCC2)cc1. The number of benzene rings is 1. The Labute approximate surface area is 198 Å². The van der Waals surface area contributed by atoms with Gasteiger partial charge in [0.05, 0.1) is 5.69 Å². The van der Waals surface area contributed by atoms with Gasteiger partial charge < -0.3 is 25.8 Å². The van der Waals surface area contributed by atoms with Crippen molar-refractivity contribution in [2.75, 3.05) is 41.7 Å². The number of carbonyl (C=O) groups is 1. The zero-order valence-corrected chi connectivity index (χ0v) is 19.0. The number of aromatic nitrogens is 3. The van der Waals surface area contributed by atoms with Crippen molar-refractivity contribution < 1.29 is 4.79 Å². The van der Waals surface area contributed by atoms with Crippen LogP contribution in [0.4, 0.5) is 17.2 Å². The summed E-state index contributed by atoms with van der Waals surface area (Å²) < 4.78 is 0. The van der Waals surface area contributed by atoms with Crippen molar-refractivity contribution in [3.05, 3.63) is 64.8 Å². The molecule has 9 heteroatoms. The van der Waals surface area contributed by atoms with Crippen LogP contribution >= 0.6 is 0 Å². The minimum absolute atomic E-state index is 0.177. The lowest BCUT2D eigenvalue weighted by Gasteiger charge is -2.28. The van der Waals surface area contributed by atoms with Crippen molar-refractivity contribution in [1.29, 1.82) is 0 Å². The van der Waals surface area contributed by atoms with Gasteiger partial charge >= 0.3 is 0 Å². The highest BCUT2D eigenvalue weighted by Gasteiger charge is 2.16. The Morgan fingerprint density at radius 2 is 1.88 bits per heavy atom. The number of nitrogens with one attached hydrogen (secondary N) is 4. The lowest BCUT2D eigenvalue weighted by Crippen LogP contribution is -2.29. The number of rotatable bonds is 6. The maximum absolute atomic E-state index is 12.8. The number of H-pyrrole nitrogens is 1. The van der Waals surface area contributed by atoms with Crippen LogP contribution in [0.1, 0.15) is 36.0 Å². The molecule has 34 heavy (non-hydrogen) atoms. The van der Waals surface area contributed by atoms with Crippen molar-refractivity contribution in [2.24, 2.45) is 0 Å². The second kappa shape index (κ2) is 10.0. The second-order valence-corrected chi connectivity index (χ2v) is 8.80. The van der Waals surface area contributed by atoms with Gasteiger partial charge in [0, 0.05) is 54.8 Å². The number of nitrogens with zero attached hydrogens (tertiary/aromatic N) is 3. The van der Waals surface area contributed by atoms with E-state index in [-0.39, 0.29) is 17.2 Å². The summed E-state index contributed by atoms with van der Waals surface area (Å²) in [7, 11) is 0. The molecule has 2 aliphatic rings. The van der Waals surface area contributed by atoms with Gasteiger partial charge in [-0.05, 0) is 62.6 Å². The van der Waals surface area contributed by atoms with Crippen LogP contribution in [0.15, 0.2) is 53.7 Å². The summed E-state index contributed by atoms with van der Waals surface area (Å²) in [6.45, 7) is 3.98. The lowest BCUT2D eigenvalue weighted by atomic mass is 10.1. The fourth-order valence-electron chi connectivity index (χ4n) is 4.48. The fraction of sp³-hybridized carbons (Fsp3) is 0.360. The van der Waals surface area contributed by atoms with E-state index in [4.69, 9.17) is 0 Å². The van der Waals surface area contributed by atoms with Crippen molar-refractivity contribution in [3.63, 3.8) is 0 Å². The van der Waals surface area contributed by atoms with Crippen LogP contribution in [0.25, 0.3) is 11.3 Å². The highest BCUT2D eigenvalue weighted by atomic mass is 16.2. The quantitative estimate of drug-likeness (QED) is 0.448. The molecule has 0 spiro atoms. The summed E-state index contributed by atoms with van der Waals surface area (Å²) in [4.78, 5) is 38.9. The molecule has 0 unspecified atom stereocenters. The van der Waals surface area contributed by atoms with Gasteiger partial charge in [-0.2, -0.15) is 0 Å². The topological polar surface area (TPSA) is 115 Å². The van der Waals surface area contributed by atoms with Crippen LogP contribution in [0.3, 0.4) is 0 Å². The average Bonchev–Trinajstić information content (AvgIpc) is 3.39. The van der Waals surface area contributed by atoms with Gasteiger partial charge in [-0.1, -0.05) is 0 Å². The van der Waals surface area contributed by atoms with Gasteiger partial charge in [0.15, 0.2) is 0 Å². The predicted molar refractivity (Wildman–Crippen MR) is 133 cm³/mol. The molecule has 1 amide bonds. The first-order valence-corrected chi connectivity index (χ1v) is 11.8. The number of piperidine rings is 1. The van der Waals surface area contributed by atoms with Crippen LogP contribution in [0.5, 0.6) is 0 Å². The maximum Gasteiger partial charge on any atom is 0.271 e. The number of hydrogen-bond donors (Lipinski definition) is 4. The number of aromatic amines is 1. The Balaban J connectivity index is 1.30. The van der Waals surface area contributed by atoms with Gasteiger partial charge in [-0.25, -0.2) is 9.97 Å². The number of amides is 1. The number of hydrogen-bond acceptors (Lipinski definition) is 7. The van der Waals surface area contributed by atoms with E-state index in [2.05, 4.69) is 35.8 Å². The molecule has 2 aliphatic heterocycles. The normalized spacial score (nSPS) is 18.0. The molecule has 0 bridgehead atoms. The monoisotopic (exact) mass is 459 g/mol. The van der Waals surface area contributed by atoms with Crippen LogP contribution < -0.4 is 26.4 Å². The third kappa shape index (κ3) is 5.09. The Kier molecular flexibility index (Phi) is 6.53. The third-order valence-electron chi connectivity index (χ3n) is 6.38. The third-order valence-corrected chi connectivity index (χ3v) is 6.38. The van der Waals surface area contributed by atoms with Crippen molar-refractivity contribution in [2.45, 2.75) is 31.7 Å². The lowest BCUT2D eigenvalue weighted by molar-refractivity contribution is 0.102. The molecular formula is C25H29N7O2. The van der Waals surface area contributed by atoms with Crippen molar-refractivity contribution >= 4 is 23.1 Å². The van der Waals surface area contributed by atoms with E-state index in [0.29, 0.717) is 22.9 Å². The zero-order valence-electron chi connectivity index (χ0n) is 19.0. The van der Waals surface area contributed by atoms with Gasteiger partial charge in [-0.3, -0.25) is 9.59 Å². The fourth-order valence-corrected chi connectivity index (χ4v) is 4.48. The molecule has 2 saturated heterocycles. The molecule has 0 saturated carbocycles. The van der Waals surface area contributed by atoms with Crippen molar-refractivity contribution in [3.8, 4) is 11.3 Å². The second-order valence-electron chi connectivity index (χ2n) is 8.80. The molecule has 1 aromatic carbocycles. The van der Waals surface area contributed by atoms with Crippen LogP contribution in [-0.2, 0) is 0 Å². The largest absolute Gasteiger partial charge is 0.372 e. The summed E-state index contributed by atoms with van der Waals surface area (Å²) in [5.41, 5.74) is 2.77. The van der Waals surface area contributed by atoms with Crippen LogP contribution in [0, 0.1) is 0 Å². The molecule has 1 atom stereocenters. The van der Waals surface area contributed by atoms with Gasteiger partial charge in [0.2, 0.25) is 0 Å². The van der Waals surface area contributed by atoms with Crippen molar-refractivity contribution in [1.82, 2.24) is 20.3 Å². The Hall–Kier alpha value is -3.72. The van der Waals surface area contributed by atoms with E-state index in [1.165, 1.54) is 25.6 Å². The molecule has 4 N–H and O–H groups in total. The Morgan fingerprint density at radius 3 is 2.65 bits per heavy atom. The molecule has 5 rings (SSSR count). The first-order chi connectivity index (χ1) is 16.7. The average molecular weight is 460 g/mol. The summed E-state index contributed by atoms with van der Waals surface area (Å²) >= 11 is 0. The summed E-state index contributed by atoms with van der Waals surface area (Å²) in [5, 5.41) is 9.46. The first-order valence-electron chi connectivity index (χ1n) is 11.8. The van der Waals surface area contributed by atoms with Gasteiger partial charge in [0.1, 0.15) is 17.8 Å². The summed E-state index contributed by atoms with van der Waals surface area (Å²) in [6.07, 6.45) is 7.79. The first kappa shape index (κ1) is 22.1. The smallest absolute Gasteiger partial charge is 0.271 e. The van der Waals surface area contributed by atoms with E-state index < -0.39 is 0 Å². The number of pyridine rings is 1. The summed E-state index contributed by atoms with van der Waals surface area (Å²) in [6, 6.07) is 11.4. The molecule has 0 radical (unpaired) electrons. The van der Waals surface area contributed by atoms with E-state index in [9.17, 15) is 9.59 Å². The Morgan fingerprint density at radius 1 is 1.06 bits per heavy atom. The summed E-state index contributed by atoms with van der Waals surface area (Å²) in [5.74, 6) is 0.399. The van der Waals surface area contributed by atoms with E-state index >= 15 is 0 Å². The molecule has 176 valence electrons. The highest BCUT2D eigenvalue weighted by molar-refractivity contribution is 6.04. The molecule has 0 aliphatic carbocycles. The maximum atomic E-state index is 12.8. The molecule has 2 fully saturated rings. The molecule has 2 aromatic heterocycles. The minimum Gasteiger partial charge on any atom is -0.372 e.